The van der Waals surface area contributed by atoms with Gasteiger partial charge in [-0.2, -0.15) is 0 Å². The number of hydrogen-bond acceptors (Lipinski definition) is 2. The van der Waals surface area contributed by atoms with Crippen molar-refractivity contribution in [3.8, 4) is 0 Å². The minimum atomic E-state index is -0.232. The predicted molar refractivity (Wildman–Crippen MR) is 65.6 cm³/mol. The fourth-order valence-corrected chi connectivity index (χ4v) is 2.26. The molecule has 0 fully saturated rings. The molecule has 0 saturated heterocycles. The summed E-state index contributed by atoms with van der Waals surface area (Å²) in [5.74, 6) is 0. The average Bonchev–Trinajstić information content (AvgIpc) is 2.68. The zero-order chi connectivity index (χ0) is 11.5. The van der Waals surface area contributed by atoms with Crippen LogP contribution in [-0.4, -0.2) is 19.8 Å². The Balaban J connectivity index is 2.15. The molecule has 0 radical (unpaired) electrons. The Hall–Kier alpha value is -1.09. The van der Waals surface area contributed by atoms with Crippen molar-refractivity contribution in [3.05, 3.63) is 29.3 Å². The minimum Gasteiger partial charge on any atom is -0.371 e. The fraction of sp³-hybridized carbons (Fsp3) is 0.538. The standard InChI is InChI=1S/C13H19FN2/c1-10(15)11-3-4-13-12(9-11)5-8-16(13)7-2-6-14/h3-4,9-10H,2,5-8,15H2,1H3. The summed E-state index contributed by atoms with van der Waals surface area (Å²) in [6.45, 7) is 3.60. The molecule has 88 valence electrons. The SMILES string of the molecule is CC(N)c1ccc2c(c1)CCN2CCCF. The van der Waals surface area contributed by atoms with Crippen molar-refractivity contribution in [2.75, 3.05) is 24.7 Å². The highest BCUT2D eigenvalue weighted by atomic mass is 19.1. The number of hydrogen-bond donors (Lipinski definition) is 1. The van der Waals surface area contributed by atoms with Crippen molar-refractivity contribution < 1.29 is 4.39 Å². The molecule has 1 atom stereocenters. The van der Waals surface area contributed by atoms with Gasteiger partial charge in [-0.15, -0.1) is 0 Å². The van der Waals surface area contributed by atoms with Gasteiger partial charge in [0.2, 0.25) is 0 Å². The molecule has 0 aliphatic carbocycles. The van der Waals surface area contributed by atoms with Gasteiger partial charge in [-0.25, -0.2) is 0 Å². The molecule has 0 bridgehead atoms. The lowest BCUT2D eigenvalue weighted by molar-refractivity contribution is 0.472. The van der Waals surface area contributed by atoms with Gasteiger partial charge in [-0.3, -0.25) is 4.39 Å². The van der Waals surface area contributed by atoms with Gasteiger partial charge in [0.25, 0.3) is 0 Å². The summed E-state index contributed by atoms with van der Waals surface area (Å²) in [4.78, 5) is 2.26. The first-order valence-corrected chi connectivity index (χ1v) is 5.91. The highest BCUT2D eigenvalue weighted by Crippen LogP contribution is 2.30. The van der Waals surface area contributed by atoms with Crippen LogP contribution in [0, 0.1) is 0 Å². The Bertz CT molecular complexity index is 363. The second-order valence-electron chi connectivity index (χ2n) is 4.46. The molecule has 3 heteroatoms. The van der Waals surface area contributed by atoms with Gasteiger partial charge >= 0.3 is 0 Å². The predicted octanol–water partition coefficient (Wildman–Crippen LogP) is 2.43. The molecule has 0 aromatic heterocycles. The third kappa shape index (κ3) is 2.19. The third-order valence-electron chi connectivity index (χ3n) is 3.18. The number of nitrogens with two attached hydrogens (primary N) is 1. The Morgan fingerprint density at radius 1 is 1.50 bits per heavy atom. The minimum absolute atomic E-state index is 0.0881. The van der Waals surface area contributed by atoms with Crippen LogP contribution in [0.15, 0.2) is 18.2 Å². The number of halogens is 1. The van der Waals surface area contributed by atoms with Crippen LogP contribution in [0.4, 0.5) is 10.1 Å². The highest BCUT2D eigenvalue weighted by molar-refractivity contribution is 5.59. The van der Waals surface area contributed by atoms with Crippen molar-refractivity contribution >= 4 is 5.69 Å². The van der Waals surface area contributed by atoms with Crippen molar-refractivity contribution in [1.82, 2.24) is 0 Å². The van der Waals surface area contributed by atoms with E-state index >= 15 is 0 Å². The second-order valence-corrected chi connectivity index (χ2v) is 4.46. The lowest BCUT2D eigenvalue weighted by atomic mass is 10.0. The molecule has 1 aliphatic rings. The van der Waals surface area contributed by atoms with Crippen LogP contribution in [0.5, 0.6) is 0 Å². The molecule has 1 unspecified atom stereocenters. The summed E-state index contributed by atoms with van der Waals surface area (Å²) in [7, 11) is 0. The van der Waals surface area contributed by atoms with Gasteiger partial charge in [-0.1, -0.05) is 12.1 Å². The number of fused-ring (bicyclic) bond motifs is 1. The molecule has 0 amide bonds. The number of benzene rings is 1. The van der Waals surface area contributed by atoms with Gasteiger partial charge in [0, 0.05) is 24.8 Å². The van der Waals surface area contributed by atoms with E-state index in [4.69, 9.17) is 5.73 Å². The molecule has 0 spiro atoms. The van der Waals surface area contributed by atoms with Gasteiger partial charge in [0.05, 0.1) is 6.67 Å². The van der Waals surface area contributed by atoms with E-state index in [1.54, 1.807) is 0 Å². The maximum Gasteiger partial charge on any atom is 0.0911 e. The number of alkyl halides is 1. The molecule has 1 aromatic rings. The van der Waals surface area contributed by atoms with Gasteiger partial charge in [-0.05, 0) is 37.0 Å². The molecule has 0 saturated carbocycles. The Labute approximate surface area is 96.2 Å². The molecule has 1 aromatic carbocycles. The maximum atomic E-state index is 12.1. The lowest BCUT2D eigenvalue weighted by Gasteiger charge is -2.19. The van der Waals surface area contributed by atoms with Crippen molar-refractivity contribution in [1.29, 1.82) is 0 Å². The second kappa shape index (κ2) is 4.83. The molecule has 2 N–H and O–H groups in total. The molecule has 16 heavy (non-hydrogen) atoms. The summed E-state index contributed by atoms with van der Waals surface area (Å²) < 4.78 is 12.1. The normalized spacial score (nSPS) is 16.3. The fourth-order valence-electron chi connectivity index (χ4n) is 2.26. The third-order valence-corrected chi connectivity index (χ3v) is 3.18. The molecular formula is C13H19FN2. The van der Waals surface area contributed by atoms with E-state index < -0.39 is 0 Å². The summed E-state index contributed by atoms with van der Waals surface area (Å²) >= 11 is 0. The maximum absolute atomic E-state index is 12.1. The van der Waals surface area contributed by atoms with E-state index in [0.717, 1.165) is 19.5 Å². The molecular weight excluding hydrogens is 203 g/mol. The highest BCUT2D eigenvalue weighted by Gasteiger charge is 2.19. The summed E-state index contributed by atoms with van der Waals surface area (Å²) in [5, 5.41) is 0. The lowest BCUT2D eigenvalue weighted by Crippen LogP contribution is -2.21. The van der Waals surface area contributed by atoms with E-state index in [0.29, 0.717) is 6.42 Å². The van der Waals surface area contributed by atoms with Crippen LogP contribution in [0.2, 0.25) is 0 Å². The van der Waals surface area contributed by atoms with Gasteiger partial charge < -0.3 is 10.6 Å². The quantitative estimate of drug-likeness (QED) is 0.847. The molecule has 2 rings (SSSR count). The molecule has 1 aliphatic heterocycles. The van der Waals surface area contributed by atoms with E-state index in [2.05, 4.69) is 23.1 Å². The Kier molecular flexibility index (Phi) is 3.44. The van der Waals surface area contributed by atoms with Crippen LogP contribution in [0.1, 0.15) is 30.5 Å². The van der Waals surface area contributed by atoms with Crippen LogP contribution < -0.4 is 10.6 Å². The smallest absolute Gasteiger partial charge is 0.0911 e. The number of anilines is 1. The Morgan fingerprint density at radius 3 is 3.00 bits per heavy atom. The van der Waals surface area contributed by atoms with Gasteiger partial charge in [0.15, 0.2) is 0 Å². The Morgan fingerprint density at radius 2 is 2.31 bits per heavy atom. The summed E-state index contributed by atoms with van der Waals surface area (Å²) in [6.07, 6.45) is 1.68. The monoisotopic (exact) mass is 222 g/mol. The van der Waals surface area contributed by atoms with Crippen LogP contribution in [0.3, 0.4) is 0 Å². The first-order chi connectivity index (χ1) is 7.72. The first kappa shape index (κ1) is 11.4. The van der Waals surface area contributed by atoms with E-state index in [1.165, 1.54) is 16.8 Å². The van der Waals surface area contributed by atoms with E-state index in [1.807, 2.05) is 6.92 Å². The van der Waals surface area contributed by atoms with Crippen LogP contribution in [0.25, 0.3) is 0 Å². The number of nitrogens with zero attached hydrogens (tertiary/aromatic N) is 1. The van der Waals surface area contributed by atoms with Gasteiger partial charge in [0.1, 0.15) is 0 Å². The largest absolute Gasteiger partial charge is 0.371 e. The van der Waals surface area contributed by atoms with Crippen LogP contribution >= 0.6 is 0 Å². The van der Waals surface area contributed by atoms with Crippen molar-refractivity contribution in [2.24, 2.45) is 5.73 Å². The van der Waals surface area contributed by atoms with Crippen molar-refractivity contribution in [2.45, 2.75) is 25.8 Å². The molecule has 1 heterocycles. The zero-order valence-electron chi connectivity index (χ0n) is 9.75. The van der Waals surface area contributed by atoms with Crippen LogP contribution in [-0.2, 0) is 6.42 Å². The van der Waals surface area contributed by atoms with E-state index in [-0.39, 0.29) is 12.7 Å². The van der Waals surface area contributed by atoms with E-state index in [9.17, 15) is 4.39 Å². The first-order valence-electron chi connectivity index (χ1n) is 5.91. The zero-order valence-corrected chi connectivity index (χ0v) is 9.75. The topological polar surface area (TPSA) is 29.3 Å². The summed E-state index contributed by atoms with van der Waals surface area (Å²) in [6, 6.07) is 6.48. The number of rotatable bonds is 4. The molecule has 2 nitrogen and oxygen atoms in total. The average molecular weight is 222 g/mol. The van der Waals surface area contributed by atoms with Crippen molar-refractivity contribution in [3.63, 3.8) is 0 Å². The summed E-state index contributed by atoms with van der Waals surface area (Å²) in [5.41, 5.74) is 9.66.